The summed E-state index contributed by atoms with van der Waals surface area (Å²) in [5.74, 6) is 1.14. The van der Waals surface area contributed by atoms with Gasteiger partial charge in [-0.05, 0) is 54.6 Å². The fourth-order valence-corrected chi connectivity index (χ4v) is 4.03. The van der Waals surface area contributed by atoms with E-state index in [-0.39, 0.29) is 24.1 Å². The molecule has 1 fully saturated rings. The average Bonchev–Trinajstić information content (AvgIpc) is 2.78. The van der Waals surface area contributed by atoms with Crippen LogP contribution < -0.4 is 15.8 Å². The molecule has 1 aliphatic rings. The number of nitrogens with one attached hydrogen (secondary N) is 1. The molecule has 6 nitrogen and oxygen atoms in total. The Morgan fingerprint density at radius 2 is 1.97 bits per heavy atom. The highest BCUT2D eigenvalue weighted by Crippen LogP contribution is 2.40. The first kappa shape index (κ1) is 20.2. The minimum absolute atomic E-state index is 0.0805. The highest BCUT2D eigenvalue weighted by Gasteiger charge is 2.23. The zero-order chi connectivity index (χ0) is 20.9. The third-order valence-electron chi connectivity index (χ3n) is 5.58. The zero-order valence-corrected chi connectivity index (χ0v) is 16.8. The maximum atomic E-state index is 10.6. The molecule has 0 aliphatic carbocycles. The molecule has 30 heavy (non-hydrogen) atoms. The van der Waals surface area contributed by atoms with E-state index < -0.39 is 0 Å². The van der Waals surface area contributed by atoms with Gasteiger partial charge in [-0.15, -0.1) is 0 Å². The van der Waals surface area contributed by atoms with Crippen LogP contribution in [0.2, 0.25) is 0 Å². The van der Waals surface area contributed by atoms with E-state index in [1.165, 1.54) is 0 Å². The Kier molecular flexibility index (Phi) is 6.16. The second kappa shape index (κ2) is 9.15. The summed E-state index contributed by atoms with van der Waals surface area (Å²) in [5, 5.41) is 23.9. The normalized spacial score (nSPS) is 16.4. The number of nitrogens with two attached hydrogens (primary N) is 1. The molecule has 0 spiro atoms. The van der Waals surface area contributed by atoms with Crippen LogP contribution in [0.4, 0.5) is 5.82 Å². The maximum absolute atomic E-state index is 10.6. The molecule has 2 heterocycles. The van der Waals surface area contributed by atoms with E-state index in [1.54, 1.807) is 12.1 Å². The molecule has 2 aromatic carbocycles. The highest BCUT2D eigenvalue weighted by atomic mass is 16.5. The lowest BCUT2D eigenvalue weighted by molar-refractivity contribution is 0.279. The smallest absolute Gasteiger partial charge is 0.132 e. The third kappa shape index (κ3) is 4.25. The molecule has 1 unspecified atom stereocenters. The number of phenolic OH excluding ortho intramolecular Hbond substituents is 1. The van der Waals surface area contributed by atoms with Crippen molar-refractivity contribution >= 4 is 5.82 Å². The number of aromatic hydroxyl groups is 1. The van der Waals surface area contributed by atoms with Gasteiger partial charge in [-0.2, -0.15) is 0 Å². The van der Waals surface area contributed by atoms with Gasteiger partial charge in [-0.1, -0.05) is 36.4 Å². The number of hydrogen-bond donors (Lipinski definition) is 4. The van der Waals surface area contributed by atoms with E-state index in [0.29, 0.717) is 29.2 Å². The van der Waals surface area contributed by atoms with Gasteiger partial charge in [0.15, 0.2) is 0 Å². The average molecular weight is 405 g/mol. The van der Waals surface area contributed by atoms with Gasteiger partial charge in [0.2, 0.25) is 0 Å². The van der Waals surface area contributed by atoms with Gasteiger partial charge in [0.1, 0.15) is 23.9 Å². The third-order valence-corrected chi connectivity index (χ3v) is 5.58. The molecular weight excluding hydrogens is 378 g/mol. The number of hydrogen-bond acceptors (Lipinski definition) is 6. The van der Waals surface area contributed by atoms with Crippen molar-refractivity contribution in [3.8, 4) is 22.8 Å². The van der Waals surface area contributed by atoms with Crippen molar-refractivity contribution in [3.63, 3.8) is 0 Å². The van der Waals surface area contributed by atoms with Crippen LogP contribution in [0, 0.1) is 0 Å². The SMILES string of the molecule is Nc1nc(-c2c(O)cccc2OCc2ccccc2)cc(C2CCCNC2)c1CO. The summed E-state index contributed by atoms with van der Waals surface area (Å²) in [7, 11) is 0. The van der Waals surface area contributed by atoms with Gasteiger partial charge in [0.25, 0.3) is 0 Å². The number of aromatic nitrogens is 1. The van der Waals surface area contributed by atoms with E-state index in [4.69, 9.17) is 10.5 Å². The fraction of sp³-hybridized carbons (Fsp3) is 0.292. The van der Waals surface area contributed by atoms with Gasteiger partial charge in [-0.3, -0.25) is 0 Å². The van der Waals surface area contributed by atoms with Crippen molar-refractivity contribution in [2.24, 2.45) is 0 Å². The summed E-state index contributed by atoms with van der Waals surface area (Å²) in [6, 6.07) is 17.0. The van der Waals surface area contributed by atoms with Crippen LogP contribution in [0.25, 0.3) is 11.3 Å². The first-order valence-electron chi connectivity index (χ1n) is 10.3. The van der Waals surface area contributed by atoms with E-state index in [0.717, 1.165) is 37.1 Å². The maximum Gasteiger partial charge on any atom is 0.132 e. The number of anilines is 1. The molecule has 4 rings (SSSR count). The minimum atomic E-state index is -0.164. The Morgan fingerprint density at radius 1 is 1.13 bits per heavy atom. The lowest BCUT2D eigenvalue weighted by Crippen LogP contribution is -2.29. The predicted octanol–water partition coefficient (Wildman–Crippen LogP) is 3.57. The van der Waals surface area contributed by atoms with E-state index in [9.17, 15) is 10.2 Å². The molecule has 0 radical (unpaired) electrons. The van der Waals surface area contributed by atoms with Crippen molar-refractivity contribution < 1.29 is 14.9 Å². The number of benzene rings is 2. The summed E-state index contributed by atoms with van der Waals surface area (Å²) >= 11 is 0. The Bertz CT molecular complexity index is 1000. The summed E-state index contributed by atoms with van der Waals surface area (Å²) in [4.78, 5) is 4.50. The molecule has 6 heteroatoms. The lowest BCUT2D eigenvalue weighted by Gasteiger charge is -2.26. The summed E-state index contributed by atoms with van der Waals surface area (Å²) in [6.07, 6.45) is 2.08. The zero-order valence-electron chi connectivity index (χ0n) is 16.8. The molecule has 156 valence electrons. The fourth-order valence-electron chi connectivity index (χ4n) is 4.03. The van der Waals surface area contributed by atoms with Crippen molar-refractivity contribution in [3.05, 3.63) is 71.3 Å². The van der Waals surface area contributed by atoms with E-state index in [2.05, 4.69) is 10.3 Å². The Labute approximate surface area is 176 Å². The predicted molar refractivity (Wildman–Crippen MR) is 117 cm³/mol. The molecule has 0 amide bonds. The quantitative estimate of drug-likeness (QED) is 0.500. The van der Waals surface area contributed by atoms with Crippen molar-refractivity contribution in [1.82, 2.24) is 10.3 Å². The number of aliphatic hydroxyl groups excluding tert-OH is 1. The van der Waals surface area contributed by atoms with Crippen molar-refractivity contribution in [1.29, 1.82) is 0 Å². The van der Waals surface area contributed by atoms with Gasteiger partial charge >= 0.3 is 0 Å². The van der Waals surface area contributed by atoms with Crippen LogP contribution in [0.15, 0.2) is 54.6 Å². The second-order valence-electron chi connectivity index (χ2n) is 7.59. The van der Waals surface area contributed by atoms with Crippen molar-refractivity contribution in [2.75, 3.05) is 18.8 Å². The highest BCUT2D eigenvalue weighted by molar-refractivity contribution is 5.76. The van der Waals surface area contributed by atoms with Crippen LogP contribution in [0.1, 0.15) is 35.4 Å². The van der Waals surface area contributed by atoms with Crippen LogP contribution in [-0.2, 0) is 13.2 Å². The largest absolute Gasteiger partial charge is 0.507 e. The van der Waals surface area contributed by atoms with Crippen LogP contribution in [0.3, 0.4) is 0 Å². The molecule has 0 saturated carbocycles. The molecule has 1 aromatic heterocycles. The van der Waals surface area contributed by atoms with Gasteiger partial charge < -0.3 is 26.0 Å². The molecule has 0 bridgehead atoms. The van der Waals surface area contributed by atoms with Crippen LogP contribution in [-0.4, -0.2) is 28.3 Å². The van der Waals surface area contributed by atoms with Gasteiger partial charge in [0, 0.05) is 12.1 Å². The van der Waals surface area contributed by atoms with E-state index in [1.807, 2.05) is 42.5 Å². The second-order valence-corrected chi connectivity index (χ2v) is 7.59. The Balaban J connectivity index is 1.73. The molecule has 1 atom stereocenters. The van der Waals surface area contributed by atoms with Gasteiger partial charge in [-0.25, -0.2) is 4.98 Å². The Morgan fingerprint density at radius 3 is 2.70 bits per heavy atom. The number of nitrogens with zero attached hydrogens (tertiary/aromatic N) is 1. The number of rotatable bonds is 6. The summed E-state index contributed by atoms with van der Waals surface area (Å²) < 4.78 is 6.04. The lowest BCUT2D eigenvalue weighted by atomic mass is 9.87. The molecule has 1 saturated heterocycles. The Hall–Kier alpha value is -3.09. The molecular formula is C24H27N3O3. The molecule has 5 N–H and O–H groups in total. The minimum Gasteiger partial charge on any atom is -0.507 e. The standard InChI is InChI=1S/C24H27N3O3/c25-24-19(14-28)18(17-8-5-11-26-13-17)12-20(27-24)23-21(29)9-4-10-22(23)30-15-16-6-2-1-3-7-16/h1-4,6-7,9-10,12,17,26,28-29H,5,8,11,13-15H2,(H2,25,27). The first-order valence-corrected chi connectivity index (χ1v) is 10.3. The topological polar surface area (TPSA) is 101 Å². The number of pyridine rings is 1. The monoisotopic (exact) mass is 405 g/mol. The molecule has 1 aliphatic heterocycles. The van der Waals surface area contributed by atoms with Crippen LogP contribution >= 0.6 is 0 Å². The number of ether oxygens (including phenoxy) is 1. The summed E-state index contributed by atoms with van der Waals surface area (Å²) in [6.45, 7) is 2.04. The molecule has 3 aromatic rings. The number of phenols is 1. The van der Waals surface area contributed by atoms with Gasteiger partial charge in [0.05, 0.1) is 17.9 Å². The number of aliphatic hydroxyl groups is 1. The van der Waals surface area contributed by atoms with Crippen LogP contribution in [0.5, 0.6) is 11.5 Å². The number of piperidine rings is 1. The number of nitrogen functional groups attached to an aromatic ring is 1. The van der Waals surface area contributed by atoms with Crippen molar-refractivity contribution in [2.45, 2.75) is 32.0 Å². The first-order chi connectivity index (χ1) is 14.7. The summed E-state index contributed by atoms with van der Waals surface area (Å²) in [5.41, 5.74) is 9.95. The van der Waals surface area contributed by atoms with E-state index >= 15 is 0 Å².